The normalized spacial score (nSPS) is 13.6. The predicted molar refractivity (Wildman–Crippen MR) is 138 cm³/mol. The van der Waals surface area contributed by atoms with E-state index >= 15 is 0 Å². The first-order valence-corrected chi connectivity index (χ1v) is 13.9. The van der Waals surface area contributed by atoms with Gasteiger partial charge in [0.1, 0.15) is 24.6 Å². The Hall–Kier alpha value is -2.09. The number of ketones is 1. The number of methoxy groups -OCH3 is 1. The number of carbonyl (C=O) groups excluding carboxylic acids is 1. The zero-order valence-corrected chi connectivity index (χ0v) is 23.1. The van der Waals surface area contributed by atoms with E-state index in [4.69, 9.17) is 27.9 Å². The molecular formula is C27H28Cl3NO4S. The number of sulfone groups is 1. The Bertz CT molecular complexity index is 1380. The highest BCUT2D eigenvalue weighted by atomic mass is 35.5. The van der Waals surface area contributed by atoms with E-state index in [9.17, 15) is 13.2 Å². The highest BCUT2D eigenvalue weighted by Gasteiger charge is 2.22. The van der Waals surface area contributed by atoms with Gasteiger partial charge in [-0.05, 0) is 41.3 Å². The minimum Gasteiger partial charge on any atom is -1.00 e. The van der Waals surface area contributed by atoms with Crippen LogP contribution in [-0.2, 0) is 39.9 Å². The van der Waals surface area contributed by atoms with Crippen LogP contribution in [-0.4, -0.2) is 21.3 Å². The van der Waals surface area contributed by atoms with E-state index in [2.05, 4.69) is 5.32 Å². The van der Waals surface area contributed by atoms with Gasteiger partial charge in [0.05, 0.1) is 27.8 Å². The van der Waals surface area contributed by atoms with Gasteiger partial charge < -0.3 is 22.5 Å². The Morgan fingerprint density at radius 3 is 2.56 bits per heavy atom. The molecule has 0 amide bonds. The molecule has 0 aromatic heterocycles. The van der Waals surface area contributed by atoms with Gasteiger partial charge in [0.2, 0.25) is 0 Å². The molecule has 0 bridgehead atoms. The fraction of sp³-hybridized carbons (Fsp3) is 0.296. The van der Waals surface area contributed by atoms with Crippen molar-refractivity contribution >= 4 is 38.8 Å². The summed E-state index contributed by atoms with van der Waals surface area (Å²) >= 11 is 12.4. The van der Waals surface area contributed by atoms with Crippen molar-refractivity contribution in [3.8, 4) is 5.75 Å². The number of nitrogens with two attached hydrogens (primary N) is 1. The number of Topliss-reactive ketones (excluding diaryl/α,β-unsaturated/α-hetero) is 1. The second kappa shape index (κ2) is 12.0. The van der Waals surface area contributed by atoms with Crippen LogP contribution in [0.15, 0.2) is 59.5 Å². The molecular weight excluding hydrogens is 541 g/mol. The van der Waals surface area contributed by atoms with Crippen molar-refractivity contribution in [2.24, 2.45) is 0 Å². The molecule has 1 aliphatic rings. The van der Waals surface area contributed by atoms with Crippen molar-refractivity contribution < 1.29 is 35.7 Å². The van der Waals surface area contributed by atoms with Gasteiger partial charge in [-0.15, -0.1) is 0 Å². The molecule has 0 radical (unpaired) electrons. The van der Waals surface area contributed by atoms with E-state index in [1.165, 1.54) is 24.3 Å². The molecule has 1 aliphatic heterocycles. The van der Waals surface area contributed by atoms with Crippen molar-refractivity contribution in [2.45, 2.75) is 49.4 Å². The first kappa shape index (κ1) is 28.5. The van der Waals surface area contributed by atoms with E-state index in [0.717, 1.165) is 24.2 Å². The summed E-state index contributed by atoms with van der Waals surface area (Å²) in [6.07, 6.45) is 0.409. The third-order valence-electron chi connectivity index (χ3n) is 6.41. The van der Waals surface area contributed by atoms with Gasteiger partial charge in [0.15, 0.2) is 9.84 Å². The summed E-state index contributed by atoms with van der Waals surface area (Å²) in [5.41, 5.74) is 4.69. The lowest BCUT2D eigenvalue weighted by molar-refractivity contribution is -0.676. The standard InChI is InChI=1S/C27H27Cl2NO4S.ClH/c1-17(24-4-3-5-25(28)27(24)29)10-22(31)12-19-8-9-23(13-26(19)34-2)35(32,33)16-18-6-7-20-14-30-15-21(20)11-18;/h3-9,11,13,17,30H,10,12,14-16H2,1-2H3;1H. The molecule has 36 heavy (non-hydrogen) atoms. The zero-order valence-electron chi connectivity index (χ0n) is 20.1. The summed E-state index contributed by atoms with van der Waals surface area (Å²) in [7, 11) is -2.10. The van der Waals surface area contributed by atoms with Gasteiger partial charge in [-0.3, -0.25) is 4.79 Å². The van der Waals surface area contributed by atoms with Crippen molar-refractivity contribution in [3.63, 3.8) is 0 Å². The SMILES string of the molecule is COc1cc(S(=O)(=O)Cc2ccc3c(c2)C[NH2+]C3)ccc1CC(=O)CC(C)c1cccc(Cl)c1Cl.[Cl-]. The van der Waals surface area contributed by atoms with Crippen LogP contribution < -0.4 is 22.5 Å². The van der Waals surface area contributed by atoms with E-state index in [-0.39, 0.29) is 47.6 Å². The van der Waals surface area contributed by atoms with Crippen LogP contribution in [0.4, 0.5) is 0 Å². The van der Waals surface area contributed by atoms with Crippen molar-refractivity contribution in [1.29, 1.82) is 0 Å². The molecule has 1 unspecified atom stereocenters. The number of rotatable bonds is 9. The molecule has 3 aromatic carbocycles. The Labute approximate surface area is 228 Å². The third kappa shape index (κ3) is 6.42. The molecule has 5 nitrogen and oxygen atoms in total. The number of hydrogen-bond acceptors (Lipinski definition) is 4. The van der Waals surface area contributed by atoms with Gasteiger partial charge in [-0.2, -0.15) is 0 Å². The number of hydrogen-bond donors (Lipinski definition) is 1. The number of ether oxygens (including phenoxy) is 1. The molecule has 2 N–H and O–H groups in total. The molecule has 0 fully saturated rings. The smallest absolute Gasteiger partial charge is 0.182 e. The fourth-order valence-electron chi connectivity index (χ4n) is 4.55. The predicted octanol–water partition coefficient (Wildman–Crippen LogP) is 1.86. The molecule has 3 aromatic rings. The number of quaternary nitrogens is 1. The molecule has 4 rings (SSSR count). The van der Waals surface area contributed by atoms with Crippen LogP contribution in [0, 0.1) is 0 Å². The number of fused-ring (bicyclic) bond motifs is 1. The van der Waals surface area contributed by atoms with Crippen molar-refractivity contribution in [2.75, 3.05) is 7.11 Å². The molecule has 1 atom stereocenters. The summed E-state index contributed by atoms with van der Waals surface area (Å²) in [5.74, 6) is 0.192. The first-order valence-electron chi connectivity index (χ1n) is 11.5. The molecule has 1 heterocycles. The van der Waals surface area contributed by atoms with Gasteiger partial charge in [-0.1, -0.05) is 60.5 Å². The summed E-state index contributed by atoms with van der Waals surface area (Å²) in [6.45, 7) is 3.74. The molecule has 0 saturated carbocycles. The molecule has 0 aliphatic carbocycles. The van der Waals surface area contributed by atoms with Crippen LogP contribution in [0.2, 0.25) is 10.0 Å². The van der Waals surface area contributed by atoms with Crippen molar-refractivity contribution in [3.05, 3.63) is 92.5 Å². The zero-order chi connectivity index (χ0) is 25.2. The summed E-state index contributed by atoms with van der Waals surface area (Å²) in [5, 5.41) is 3.11. The molecule has 9 heteroatoms. The van der Waals surface area contributed by atoms with Gasteiger partial charge in [-0.25, -0.2) is 8.42 Å². The van der Waals surface area contributed by atoms with Gasteiger partial charge in [0, 0.05) is 29.5 Å². The minimum absolute atomic E-state index is 0. The maximum absolute atomic E-state index is 13.1. The van der Waals surface area contributed by atoms with Crippen LogP contribution >= 0.6 is 23.2 Å². The number of halogens is 3. The summed E-state index contributed by atoms with van der Waals surface area (Å²) in [6, 6.07) is 16.0. The van der Waals surface area contributed by atoms with E-state index in [0.29, 0.717) is 21.4 Å². The lowest BCUT2D eigenvalue weighted by Gasteiger charge is -2.15. The second-order valence-corrected chi connectivity index (χ2v) is 11.8. The lowest BCUT2D eigenvalue weighted by atomic mass is 9.93. The summed E-state index contributed by atoms with van der Waals surface area (Å²) in [4.78, 5) is 13.0. The van der Waals surface area contributed by atoms with E-state index < -0.39 is 9.84 Å². The van der Waals surface area contributed by atoms with Gasteiger partial charge >= 0.3 is 0 Å². The fourth-order valence-corrected chi connectivity index (χ4v) is 6.39. The quantitative estimate of drug-likeness (QED) is 0.428. The third-order valence-corrected chi connectivity index (χ3v) is 8.93. The van der Waals surface area contributed by atoms with Crippen molar-refractivity contribution in [1.82, 2.24) is 0 Å². The number of benzene rings is 3. The maximum atomic E-state index is 13.1. The largest absolute Gasteiger partial charge is 1.00 e. The van der Waals surface area contributed by atoms with E-state index in [1.54, 1.807) is 18.2 Å². The molecule has 0 spiro atoms. The molecule has 192 valence electrons. The minimum atomic E-state index is -3.57. The average Bonchev–Trinajstić information content (AvgIpc) is 3.28. The van der Waals surface area contributed by atoms with Crippen LogP contribution in [0.25, 0.3) is 0 Å². The Morgan fingerprint density at radius 2 is 1.81 bits per heavy atom. The topological polar surface area (TPSA) is 77.1 Å². The Morgan fingerprint density at radius 1 is 1.06 bits per heavy atom. The monoisotopic (exact) mass is 567 g/mol. The number of carbonyl (C=O) groups is 1. The van der Waals surface area contributed by atoms with E-state index in [1.807, 2.05) is 37.3 Å². The van der Waals surface area contributed by atoms with Crippen LogP contribution in [0.3, 0.4) is 0 Å². The van der Waals surface area contributed by atoms with Gasteiger partial charge in [0.25, 0.3) is 0 Å². The Kier molecular flexibility index (Phi) is 9.47. The van der Waals surface area contributed by atoms with Crippen LogP contribution in [0.1, 0.15) is 47.1 Å². The maximum Gasteiger partial charge on any atom is 0.182 e. The van der Waals surface area contributed by atoms with Crippen LogP contribution in [0.5, 0.6) is 5.75 Å². The second-order valence-electron chi connectivity index (χ2n) is 9.00. The highest BCUT2D eigenvalue weighted by molar-refractivity contribution is 7.90. The summed E-state index contributed by atoms with van der Waals surface area (Å²) < 4.78 is 31.7. The first-order chi connectivity index (χ1) is 16.7. The average molecular weight is 569 g/mol. The highest BCUT2D eigenvalue weighted by Crippen LogP contribution is 2.33. The molecule has 0 saturated heterocycles. The Balaban J connectivity index is 0.00000361. The lowest BCUT2D eigenvalue weighted by Crippen LogP contribution is -3.00.